The van der Waals surface area contributed by atoms with Crippen LogP contribution < -0.4 is 14.2 Å². The molecule has 0 spiro atoms. The van der Waals surface area contributed by atoms with E-state index >= 15 is 0 Å². The highest BCUT2D eigenvalue weighted by Crippen LogP contribution is 2.36. The molecule has 1 fully saturated rings. The van der Waals surface area contributed by atoms with E-state index in [9.17, 15) is 20.4 Å². The standard InChI is InChI=1S/C22H27ClO8/c1-11(24)21-19(26)18(25)20(27)22(31-21)30-17-10-14(29-3)9-16(23)15(17)8-12-4-6-13(28-2)7-5-12/h4-7,9-11,18-22,24-27H,8H2,1-3H3/t11-,18+,19+,20-,21?,22-/m1/s1. The second-order valence-electron chi connectivity index (χ2n) is 7.41. The molecule has 8 nitrogen and oxygen atoms in total. The van der Waals surface area contributed by atoms with Gasteiger partial charge in [0.1, 0.15) is 41.7 Å². The molecule has 0 bridgehead atoms. The summed E-state index contributed by atoms with van der Waals surface area (Å²) in [6, 6.07) is 10.7. The Kier molecular flexibility index (Phi) is 7.64. The lowest BCUT2D eigenvalue weighted by Gasteiger charge is -2.41. The first kappa shape index (κ1) is 23.6. The molecule has 6 atom stereocenters. The zero-order chi connectivity index (χ0) is 22.7. The molecule has 0 aliphatic carbocycles. The van der Waals surface area contributed by atoms with E-state index in [1.54, 1.807) is 19.2 Å². The lowest BCUT2D eigenvalue weighted by Crippen LogP contribution is -2.61. The maximum Gasteiger partial charge on any atom is 0.229 e. The van der Waals surface area contributed by atoms with Crippen molar-refractivity contribution in [1.82, 2.24) is 0 Å². The van der Waals surface area contributed by atoms with Crippen LogP contribution in [0.3, 0.4) is 0 Å². The fraction of sp³-hybridized carbons (Fsp3) is 0.455. The van der Waals surface area contributed by atoms with Crippen LogP contribution in [0.2, 0.25) is 5.02 Å². The van der Waals surface area contributed by atoms with Crippen LogP contribution in [0.1, 0.15) is 18.1 Å². The molecule has 0 radical (unpaired) electrons. The Bertz CT molecular complexity index is 873. The Balaban J connectivity index is 1.92. The van der Waals surface area contributed by atoms with E-state index in [0.717, 1.165) is 11.3 Å². The van der Waals surface area contributed by atoms with Crippen molar-refractivity contribution < 1.29 is 39.4 Å². The van der Waals surface area contributed by atoms with Gasteiger partial charge in [-0.05, 0) is 30.7 Å². The molecule has 1 aliphatic rings. The SMILES string of the molecule is COc1ccc(Cc2c(Cl)cc(OC)cc2O[C@@H]2OC([C@@H](C)O)[C@@H](O)[C@H](O)[C@H]2O)cc1. The third kappa shape index (κ3) is 5.23. The first-order valence-electron chi connectivity index (χ1n) is 9.78. The summed E-state index contributed by atoms with van der Waals surface area (Å²) >= 11 is 6.49. The van der Waals surface area contributed by atoms with Gasteiger partial charge in [0, 0.05) is 18.1 Å². The number of hydrogen-bond acceptors (Lipinski definition) is 8. The van der Waals surface area contributed by atoms with Crippen molar-refractivity contribution in [3.05, 3.63) is 52.5 Å². The van der Waals surface area contributed by atoms with Gasteiger partial charge in [0.25, 0.3) is 0 Å². The second-order valence-corrected chi connectivity index (χ2v) is 7.82. The van der Waals surface area contributed by atoms with Crippen LogP contribution in [0.15, 0.2) is 36.4 Å². The third-order valence-corrected chi connectivity index (χ3v) is 5.57. The molecule has 9 heteroatoms. The van der Waals surface area contributed by atoms with E-state index in [4.69, 9.17) is 30.5 Å². The van der Waals surface area contributed by atoms with Crippen molar-refractivity contribution in [2.75, 3.05) is 14.2 Å². The Morgan fingerprint density at radius 3 is 2.19 bits per heavy atom. The number of halogens is 1. The minimum atomic E-state index is -1.57. The van der Waals surface area contributed by atoms with E-state index in [1.165, 1.54) is 14.0 Å². The number of methoxy groups -OCH3 is 2. The van der Waals surface area contributed by atoms with Crippen LogP contribution in [-0.2, 0) is 11.2 Å². The number of hydrogen-bond donors (Lipinski definition) is 4. The number of ether oxygens (including phenoxy) is 4. The Labute approximate surface area is 185 Å². The molecule has 0 saturated carbocycles. The molecular weight excluding hydrogens is 428 g/mol. The number of aliphatic hydroxyl groups is 4. The molecule has 170 valence electrons. The monoisotopic (exact) mass is 454 g/mol. The maximum absolute atomic E-state index is 10.4. The number of benzene rings is 2. The molecular formula is C22H27ClO8. The highest BCUT2D eigenvalue weighted by Gasteiger charge is 2.46. The van der Waals surface area contributed by atoms with Crippen molar-refractivity contribution in [3.8, 4) is 17.2 Å². The largest absolute Gasteiger partial charge is 0.497 e. The normalized spacial score (nSPS) is 26.9. The molecule has 1 aliphatic heterocycles. The highest BCUT2D eigenvalue weighted by atomic mass is 35.5. The van der Waals surface area contributed by atoms with Crippen molar-refractivity contribution in [2.24, 2.45) is 0 Å². The third-order valence-electron chi connectivity index (χ3n) is 5.23. The average Bonchev–Trinajstić information content (AvgIpc) is 2.76. The lowest BCUT2D eigenvalue weighted by atomic mass is 9.96. The van der Waals surface area contributed by atoms with Gasteiger partial charge in [0.05, 0.1) is 25.3 Å². The minimum Gasteiger partial charge on any atom is -0.497 e. The van der Waals surface area contributed by atoms with Crippen LogP contribution in [0, 0.1) is 0 Å². The van der Waals surface area contributed by atoms with Gasteiger partial charge in [0.15, 0.2) is 0 Å². The molecule has 1 heterocycles. The van der Waals surface area contributed by atoms with Crippen LogP contribution in [0.5, 0.6) is 17.2 Å². The van der Waals surface area contributed by atoms with Gasteiger partial charge < -0.3 is 39.4 Å². The Morgan fingerprint density at radius 2 is 1.61 bits per heavy atom. The van der Waals surface area contributed by atoms with E-state index < -0.39 is 36.8 Å². The molecule has 0 amide bonds. The van der Waals surface area contributed by atoms with Gasteiger partial charge in [-0.2, -0.15) is 0 Å². The summed E-state index contributed by atoms with van der Waals surface area (Å²) in [5, 5.41) is 40.9. The van der Waals surface area contributed by atoms with E-state index in [-0.39, 0.29) is 5.75 Å². The fourth-order valence-electron chi connectivity index (χ4n) is 3.42. The Morgan fingerprint density at radius 1 is 0.968 bits per heavy atom. The van der Waals surface area contributed by atoms with Gasteiger partial charge in [-0.3, -0.25) is 0 Å². The highest BCUT2D eigenvalue weighted by molar-refractivity contribution is 6.31. The van der Waals surface area contributed by atoms with E-state index in [0.29, 0.717) is 22.8 Å². The lowest BCUT2D eigenvalue weighted by molar-refractivity contribution is -0.286. The maximum atomic E-state index is 10.4. The van der Waals surface area contributed by atoms with Crippen molar-refractivity contribution >= 4 is 11.6 Å². The summed E-state index contributed by atoms with van der Waals surface area (Å²) in [6.45, 7) is 1.41. The van der Waals surface area contributed by atoms with Gasteiger partial charge >= 0.3 is 0 Å². The second kappa shape index (κ2) is 10.0. The molecule has 31 heavy (non-hydrogen) atoms. The summed E-state index contributed by atoms with van der Waals surface area (Å²) < 4.78 is 21.9. The molecule has 1 saturated heterocycles. The molecule has 2 aromatic carbocycles. The molecule has 4 N–H and O–H groups in total. The molecule has 3 rings (SSSR count). The van der Waals surface area contributed by atoms with Gasteiger partial charge in [-0.1, -0.05) is 23.7 Å². The van der Waals surface area contributed by atoms with Crippen molar-refractivity contribution in [3.63, 3.8) is 0 Å². The van der Waals surface area contributed by atoms with Gasteiger partial charge in [-0.25, -0.2) is 0 Å². The molecule has 1 unspecified atom stereocenters. The predicted octanol–water partition coefficient (Wildman–Crippen LogP) is 1.52. The van der Waals surface area contributed by atoms with Gasteiger partial charge in [-0.15, -0.1) is 0 Å². The zero-order valence-electron chi connectivity index (χ0n) is 17.4. The first-order chi connectivity index (χ1) is 14.7. The summed E-state index contributed by atoms with van der Waals surface area (Å²) in [5.41, 5.74) is 1.54. The quantitative estimate of drug-likeness (QED) is 0.497. The van der Waals surface area contributed by atoms with Gasteiger partial charge in [0.2, 0.25) is 6.29 Å². The number of aliphatic hydroxyl groups excluding tert-OH is 4. The predicted molar refractivity (Wildman–Crippen MR) is 113 cm³/mol. The van der Waals surface area contributed by atoms with Crippen LogP contribution >= 0.6 is 11.6 Å². The first-order valence-corrected chi connectivity index (χ1v) is 10.2. The topological polar surface area (TPSA) is 118 Å². The minimum absolute atomic E-state index is 0.275. The number of rotatable bonds is 7. The molecule has 2 aromatic rings. The van der Waals surface area contributed by atoms with E-state index in [2.05, 4.69) is 0 Å². The van der Waals surface area contributed by atoms with Crippen LogP contribution in [-0.4, -0.2) is 71.5 Å². The molecule has 0 aromatic heterocycles. The summed E-state index contributed by atoms with van der Waals surface area (Å²) in [7, 11) is 3.07. The summed E-state index contributed by atoms with van der Waals surface area (Å²) in [5.74, 6) is 1.42. The van der Waals surface area contributed by atoms with Crippen molar-refractivity contribution in [2.45, 2.75) is 50.2 Å². The van der Waals surface area contributed by atoms with Crippen LogP contribution in [0.25, 0.3) is 0 Å². The summed E-state index contributed by atoms with van der Waals surface area (Å²) in [4.78, 5) is 0. The average molecular weight is 455 g/mol. The Hall–Kier alpha value is -2.07. The van der Waals surface area contributed by atoms with Crippen LogP contribution in [0.4, 0.5) is 0 Å². The fourth-order valence-corrected chi connectivity index (χ4v) is 3.69. The van der Waals surface area contributed by atoms with Crippen molar-refractivity contribution in [1.29, 1.82) is 0 Å². The van der Waals surface area contributed by atoms with E-state index in [1.807, 2.05) is 24.3 Å². The zero-order valence-corrected chi connectivity index (χ0v) is 18.2. The smallest absolute Gasteiger partial charge is 0.229 e. The summed E-state index contributed by atoms with van der Waals surface area (Å²) in [6.07, 6.45) is -7.78.